The number of fused-ring (bicyclic) bond motifs is 1. The van der Waals surface area contributed by atoms with Crippen molar-refractivity contribution in [2.24, 2.45) is 10.2 Å². The molecule has 4 rings (SSSR count). The van der Waals surface area contributed by atoms with E-state index in [0.29, 0.717) is 11.9 Å². The minimum absolute atomic E-state index is 0.0334. The summed E-state index contributed by atoms with van der Waals surface area (Å²) in [4.78, 5) is 24.4. The largest absolute Gasteiger partial charge is 0.493 e. The number of aromatic hydroxyl groups is 1. The van der Waals surface area contributed by atoms with E-state index >= 15 is 0 Å². The van der Waals surface area contributed by atoms with Crippen LogP contribution in [0.2, 0.25) is 0 Å². The second-order valence-electron chi connectivity index (χ2n) is 10.2. The Morgan fingerprint density at radius 1 is 0.949 bits per heavy atom. The predicted molar refractivity (Wildman–Crippen MR) is 154 cm³/mol. The number of carbonyl (C=O) groups is 2. The Morgan fingerprint density at radius 2 is 1.64 bits per heavy atom. The monoisotopic (exact) mass is 544 g/mol. The van der Waals surface area contributed by atoms with E-state index in [0.717, 1.165) is 40.1 Å². The number of hydrogen-bond acceptors (Lipinski definition) is 5. The second kappa shape index (κ2) is 12.2. The van der Waals surface area contributed by atoms with Crippen LogP contribution in [-0.4, -0.2) is 38.1 Å². The third-order valence-electron chi connectivity index (χ3n) is 6.03. The molecule has 0 unspecified atom stereocenters. The van der Waals surface area contributed by atoms with Crippen LogP contribution in [0.1, 0.15) is 42.3 Å². The van der Waals surface area contributed by atoms with Gasteiger partial charge in [0.2, 0.25) is 5.88 Å². The number of carboxylic acids is 1. The molecule has 0 saturated heterocycles. The molecule has 0 aliphatic rings. The predicted octanol–water partition coefficient (Wildman–Crippen LogP) is 7.21. The summed E-state index contributed by atoms with van der Waals surface area (Å²) in [5, 5.41) is 31.7. The lowest BCUT2D eigenvalue weighted by atomic mass is 10.1. The molecule has 0 aliphatic heterocycles. The van der Waals surface area contributed by atoms with Crippen molar-refractivity contribution >= 4 is 40.4 Å². The van der Waals surface area contributed by atoms with Crippen molar-refractivity contribution < 1.29 is 19.8 Å². The van der Waals surface area contributed by atoms with Crippen molar-refractivity contribution in [3.63, 3.8) is 0 Å². The van der Waals surface area contributed by atoms with Crippen LogP contribution in [0.5, 0.6) is 5.88 Å². The summed E-state index contributed by atoms with van der Waals surface area (Å²) in [6.07, 6.45) is 1.49. The summed E-state index contributed by atoms with van der Waals surface area (Å²) in [6, 6.07) is 22.3. The number of benzene rings is 3. The lowest BCUT2D eigenvalue weighted by Crippen LogP contribution is -2.38. The summed E-state index contributed by atoms with van der Waals surface area (Å²) in [5.41, 5.74) is 3.08. The van der Waals surface area contributed by atoms with Crippen molar-refractivity contribution in [1.29, 1.82) is 0 Å². The number of nitrogens with one attached hydrogen (secondary N) is 1. The van der Waals surface area contributed by atoms with E-state index in [1.807, 2.05) is 81.4 Å². The average Bonchev–Trinajstić information content (AvgIpc) is 3.15. The van der Waals surface area contributed by atoms with Gasteiger partial charge in [-0.3, -0.25) is 0 Å². The van der Waals surface area contributed by atoms with E-state index in [4.69, 9.17) is 5.11 Å². The number of amides is 2. The highest BCUT2D eigenvalue weighted by atomic mass is 32.2. The van der Waals surface area contributed by atoms with Gasteiger partial charge in [-0.25, -0.2) is 9.59 Å². The number of thioether (sulfide) groups is 1. The SMILES string of the molecule is CC(C)(C)NC(=O)N=Nc1c(O)n(CCc2ccccc2)c2ccc(SCCc3ccc(C(=O)O)cc3)cc12. The molecule has 202 valence electrons. The first kappa shape index (κ1) is 27.9. The molecule has 4 aromatic rings. The van der Waals surface area contributed by atoms with Gasteiger partial charge in [-0.2, -0.15) is 0 Å². The molecule has 3 N–H and O–H groups in total. The lowest BCUT2D eigenvalue weighted by molar-refractivity contribution is 0.0697. The number of rotatable bonds is 9. The fourth-order valence-electron chi connectivity index (χ4n) is 4.14. The maximum atomic E-state index is 12.3. The van der Waals surface area contributed by atoms with E-state index in [-0.39, 0.29) is 17.1 Å². The van der Waals surface area contributed by atoms with E-state index in [1.165, 1.54) is 0 Å². The van der Waals surface area contributed by atoms with E-state index in [2.05, 4.69) is 15.5 Å². The second-order valence-corrected chi connectivity index (χ2v) is 11.4. The highest BCUT2D eigenvalue weighted by molar-refractivity contribution is 7.99. The number of nitrogens with zero attached hydrogens (tertiary/aromatic N) is 3. The number of carboxylic acid groups (broad SMARTS) is 1. The van der Waals surface area contributed by atoms with Crippen LogP contribution in [0.25, 0.3) is 10.9 Å². The Bertz CT molecular complexity index is 1490. The third kappa shape index (κ3) is 7.48. The number of hydrogen-bond donors (Lipinski definition) is 3. The van der Waals surface area contributed by atoms with Gasteiger partial charge in [0.1, 0.15) is 0 Å². The van der Waals surface area contributed by atoms with Crippen LogP contribution in [0, 0.1) is 0 Å². The summed E-state index contributed by atoms with van der Waals surface area (Å²) in [6.45, 7) is 6.11. The molecular weight excluding hydrogens is 512 g/mol. The standard InChI is InChI=1S/C30H32N4O4S/c1-30(2,3)31-29(38)33-32-26-24-19-23(39-18-16-21-9-11-22(12-10-21)28(36)37)13-14-25(24)34(27(26)35)17-15-20-7-5-4-6-8-20/h4-14,19,35H,15-18H2,1-3H3,(H,31,38)(H,36,37). The number of aryl methyl sites for hydroxylation is 3. The molecule has 8 nitrogen and oxygen atoms in total. The molecule has 3 aromatic carbocycles. The quantitative estimate of drug-likeness (QED) is 0.152. The van der Waals surface area contributed by atoms with Gasteiger partial charge in [0.15, 0.2) is 5.69 Å². The maximum Gasteiger partial charge on any atom is 0.360 e. The van der Waals surface area contributed by atoms with Crippen LogP contribution in [0.15, 0.2) is 87.9 Å². The van der Waals surface area contributed by atoms with Crippen molar-refractivity contribution in [2.75, 3.05) is 5.75 Å². The minimum atomic E-state index is -0.938. The number of urea groups is 1. The summed E-state index contributed by atoms with van der Waals surface area (Å²) in [5.74, 6) is -0.190. The molecular formula is C30H32N4O4S. The lowest BCUT2D eigenvalue weighted by Gasteiger charge is -2.17. The molecule has 0 atom stereocenters. The fraction of sp³-hybridized carbons (Fsp3) is 0.267. The zero-order valence-electron chi connectivity index (χ0n) is 22.2. The third-order valence-corrected chi connectivity index (χ3v) is 7.03. The molecule has 1 aromatic heterocycles. The molecule has 0 fully saturated rings. The van der Waals surface area contributed by atoms with Gasteiger partial charge < -0.3 is 20.1 Å². The fourth-order valence-corrected chi connectivity index (χ4v) is 5.08. The molecule has 39 heavy (non-hydrogen) atoms. The van der Waals surface area contributed by atoms with E-state index in [9.17, 15) is 14.7 Å². The summed E-state index contributed by atoms with van der Waals surface area (Å²) in [7, 11) is 0. The Labute approximate surface area is 231 Å². The average molecular weight is 545 g/mol. The van der Waals surface area contributed by atoms with Crippen molar-refractivity contribution in [2.45, 2.75) is 50.6 Å². The van der Waals surface area contributed by atoms with Crippen LogP contribution in [0.3, 0.4) is 0 Å². The van der Waals surface area contributed by atoms with Crippen LogP contribution in [-0.2, 0) is 19.4 Å². The van der Waals surface area contributed by atoms with Gasteiger partial charge in [0, 0.05) is 28.1 Å². The van der Waals surface area contributed by atoms with Crippen molar-refractivity contribution in [3.05, 3.63) is 89.5 Å². The first-order chi connectivity index (χ1) is 18.6. The minimum Gasteiger partial charge on any atom is -0.493 e. The molecule has 0 aliphatic carbocycles. The topological polar surface area (TPSA) is 116 Å². The Morgan fingerprint density at radius 3 is 2.31 bits per heavy atom. The van der Waals surface area contributed by atoms with Crippen LogP contribution >= 0.6 is 11.8 Å². The zero-order valence-corrected chi connectivity index (χ0v) is 23.0. The first-order valence-electron chi connectivity index (χ1n) is 12.7. The Kier molecular flexibility index (Phi) is 8.71. The normalized spacial score (nSPS) is 11.8. The van der Waals surface area contributed by atoms with Gasteiger partial charge in [-0.15, -0.1) is 16.9 Å². The first-order valence-corrected chi connectivity index (χ1v) is 13.7. The molecule has 9 heteroatoms. The molecule has 0 bridgehead atoms. The molecule has 2 amide bonds. The van der Waals surface area contributed by atoms with E-state index in [1.54, 1.807) is 28.5 Å². The number of aromatic nitrogens is 1. The van der Waals surface area contributed by atoms with Gasteiger partial charge in [-0.1, -0.05) is 47.6 Å². The van der Waals surface area contributed by atoms with Gasteiger partial charge >= 0.3 is 12.0 Å². The number of aromatic carboxylic acids is 1. The molecule has 0 radical (unpaired) electrons. The molecule has 0 spiro atoms. The Balaban J connectivity index is 1.57. The van der Waals surface area contributed by atoms with Crippen molar-refractivity contribution in [1.82, 2.24) is 9.88 Å². The van der Waals surface area contributed by atoms with Gasteiger partial charge in [-0.05, 0) is 75.1 Å². The number of carbonyl (C=O) groups excluding carboxylic acids is 1. The summed E-state index contributed by atoms with van der Waals surface area (Å²) >= 11 is 1.65. The van der Waals surface area contributed by atoms with Gasteiger partial charge in [0.25, 0.3) is 0 Å². The van der Waals surface area contributed by atoms with Crippen LogP contribution < -0.4 is 5.32 Å². The molecule has 1 heterocycles. The number of azo groups is 1. The van der Waals surface area contributed by atoms with Crippen LogP contribution in [0.4, 0.5) is 10.5 Å². The highest BCUT2D eigenvalue weighted by Gasteiger charge is 2.19. The van der Waals surface area contributed by atoms with Gasteiger partial charge in [0.05, 0.1) is 11.1 Å². The Hall–Kier alpha value is -4.11. The molecule has 0 saturated carbocycles. The van der Waals surface area contributed by atoms with E-state index < -0.39 is 17.5 Å². The van der Waals surface area contributed by atoms with Crippen molar-refractivity contribution in [3.8, 4) is 5.88 Å². The summed E-state index contributed by atoms with van der Waals surface area (Å²) < 4.78 is 1.80. The maximum absolute atomic E-state index is 12.3. The zero-order chi connectivity index (χ0) is 28.0. The highest BCUT2D eigenvalue weighted by Crippen LogP contribution is 2.41. The smallest absolute Gasteiger partial charge is 0.360 e.